The van der Waals surface area contributed by atoms with E-state index in [1.165, 1.54) is 0 Å². The van der Waals surface area contributed by atoms with E-state index in [0.29, 0.717) is 17.7 Å². The van der Waals surface area contributed by atoms with Gasteiger partial charge in [0.05, 0.1) is 18.6 Å². The van der Waals surface area contributed by atoms with Crippen LogP contribution in [0.25, 0.3) is 11.1 Å². The first-order valence-corrected chi connectivity index (χ1v) is 11.0. The molecule has 1 aromatic heterocycles. The molecule has 7 heteroatoms. The predicted molar refractivity (Wildman–Crippen MR) is 130 cm³/mol. The van der Waals surface area contributed by atoms with Gasteiger partial charge in [0.15, 0.2) is 6.29 Å². The molecule has 0 spiro atoms. The molecule has 0 aliphatic carbocycles. The van der Waals surface area contributed by atoms with Crippen LogP contribution in [0.5, 0.6) is 0 Å². The van der Waals surface area contributed by atoms with Gasteiger partial charge >= 0.3 is 0 Å². The van der Waals surface area contributed by atoms with E-state index in [2.05, 4.69) is 9.97 Å². The zero-order chi connectivity index (χ0) is 23.5. The molecule has 0 saturated carbocycles. The van der Waals surface area contributed by atoms with Crippen molar-refractivity contribution >= 4 is 23.0 Å². The number of nitrogen functional groups attached to an aromatic ring is 1. The molecule has 0 radical (unpaired) electrons. The van der Waals surface area contributed by atoms with Crippen LogP contribution in [0, 0.1) is 0 Å². The fraction of sp³-hybridized carbons (Fsp3) is 0.269. The number of allylic oxidation sites excluding steroid dienone is 5. The molecular formula is C26H30N4O3. The molecule has 1 fully saturated rings. The van der Waals surface area contributed by atoms with Gasteiger partial charge in [0.25, 0.3) is 0 Å². The molecule has 1 unspecified atom stereocenters. The van der Waals surface area contributed by atoms with E-state index in [1.54, 1.807) is 24.6 Å². The Bertz CT molecular complexity index is 1050. The lowest BCUT2D eigenvalue weighted by molar-refractivity contribution is -0.129. The number of primary amides is 1. The Hall–Kier alpha value is -3.71. The molecule has 2 heterocycles. The fourth-order valence-electron chi connectivity index (χ4n) is 3.44. The third-order valence-corrected chi connectivity index (χ3v) is 5.23. The number of carbonyl (C=O) groups excluding carboxylic acids is 1. The van der Waals surface area contributed by atoms with Crippen molar-refractivity contribution in [3.05, 3.63) is 90.0 Å². The predicted octanol–water partition coefficient (Wildman–Crippen LogP) is 4.40. The average Bonchev–Trinajstić information content (AvgIpc) is 2.83. The topological polar surface area (TPSA) is 113 Å². The first-order valence-electron chi connectivity index (χ1n) is 11.0. The zero-order valence-electron chi connectivity index (χ0n) is 18.8. The van der Waals surface area contributed by atoms with Crippen molar-refractivity contribution < 1.29 is 14.3 Å². The van der Waals surface area contributed by atoms with Crippen molar-refractivity contribution in [3.8, 4) is 0 Å². The average molecular weight is 447 g/mol. The molecule has 2 aromatic rings. The van der Waals surface area contributed by atoms with Gasteiger partial charge in [0, 0.05) is 18.2 Å². The van der Waals surface area contributed by atoms with Gasteiger partial charge in [-0.1, -0.05) is 42.5 Å². The highest BCUT2D eigenvalue weighted by Gasteiger charge is 2.13. The first-order chi connectivity index (χ1) is 16.0. The van der Waals surface area contributed by atoms with E-state index in [4.69, 9.17) is 20.9 Å². The van der Waals surface area contributed by atoms with Crippen LogP contribution in [-0.4, -0.2) is 28.8 Å². The fourth-order valence-corrected chi connectivity index (χ4v) is 3.44. The maximum atomic E-state index is 12.3. The molecule has 33 heavy (non-hydrogen) atoms. The summed E-state index contributed by atoms with van der Waals surface area (Å²) >= 11 is 0. The monoisotopic (exact) mass is 446 g/mol. The van der Waals surface area contributed by atoms with E-state index in [1.807, 2.05) is 55.5 Å². The molecule has 1 aromatic carbocycles. The number of benzene rings is 1. The normalized spacial score (nSPS) is 17.8. The lowest BCUT2D eigenvalue weighted by atomic mass is 9.97. The number of anilines is 1. The minimum Gasteiger partial charge on any atom is -0.473 e. The van der Waals surface area contributed by atoms with Crippen molar-refractivity contribution in [3.63, 3.8) is 0 Å². The molecule has 1 aliphatic heterocycles. The molecule has 172 valence electrons. The van der Waals surface area contributed by atoms with Crippen LogP contribution in [-0.2, 0) is 14.3 Å². The second-order valence-electron chi connectivity index (χ2n) is 7.63. The molecule has 1 atom stereocenters. The van der Waals surface area contributed by atoms with E-state index >= 15 is 0 Å². The number of rotatable bonds is 9. The maximum Gasteiger partial charge on any atom is 0.248 e. The van der Waals surface area contributed by atoms with Gasteiger partial charge in [-0.2, -0.15) is 0 Å². The smallest absolute Gasteiger partial charge is 0.248 e. The lowest BCUT2D eigenvalue weighted by Gasteiger charge is -2.21. The molecule has 1 aliphatic rings. The van der Waals surface area contributed by atoms with Crippen molar-refractivity contribution in [2.24, 2.45) is 5.73 Å². The first kappa shape index (κ1) is 23.9. The van der Waals surface area contributed by atoms with Crippen LogP contribution >= 0.6 is 0 Å². The molecule has 0 bridgehead atoms. The molecule has 3 rings (SSSR count). The summed E-state index contributed by atoms with van der Waals surface area (Å²) in [6, 6.07) is 11.4. The number of hydrogen-bond acceptors (Lipinski definition) is 6. The van der Waals surface area contributed by atoms with Gasteiger partial charge in [-0.15, -0.1) is 0 Å². The zero-order valence-corrected chi connectivity index (χ0v) is 18.8. The number of hydrogen-bond donors (Lipinski definition) is 2. The van der Waals surface area contributed by atoms with Gasteiger partial charge in [-0.3, -0.25) is 4.79 Å². The molecule has 1 saturated heterocycles. The van der Waals surface area contributed by atoms with Gasteiger partial charge in [-0.05, 0) is 61.1 Å². The minimum absolute atomic E-state index is 0.160. The van der Waals surface area contributed by atoms with Crippen LogP contribution in [0.4, 0.5) is 5.95 Å². The summed E-state index contributed by atoms with van der Waals surface area (Å²) in [6.45, 7) is 2.61. The van der Waals surface area contributed by atoms with Gasteiger partial charge in [-0.25, -0.2) is 9.97 Å². The standard InChI is InChI=1S/C26H30N4O3/c1-19(20-10-4-2-5-11-20)22(25(27)31)18-21(23-14-15-29-26(28)30-23)12-6-3-8-16-32-24-13-7-9-17-33-24/h2-6,8,10-11,14-16,18,24H,7,9,12-13,17H2,1H3,(H2,27,31)(H2,28,29,30). The Morgan fingerprint density at radius 1 is 1.21 bits per heavy atom. The van der Waals surface area contributed by atoms with Gasteiger partial charge < -0.3 is 20.9 Å². The number of nitrogens with two attached hydrogens (primary N) is 2. The second kappa shape index (κ2) is 12.4. The van der Waals surface area contributed by atoms with Crippen LogP contribution in [0.3, 0.4) is 0 Å². The summed E-state index contributed by atoms with van der Waals surface area (Å²) in [5.74, 6) is -0.354. The molecule has 1 amide bonds. The number of ether oxygens (including phenoxy) is 2. The van der Waals surface area contributed by atoms with Crippen molar-refractivity contribution in [2.75, 3.05) is 12.3 Å². The molecule has 4 N–H and O–H groups in total. The third kappa shape index (κ3) is 7.43. The Morgan fingerprint density at radius 3 is 2.73 bits per heavy atom. The Balaban J connectivity index is 1.83. The number of aromatic nitrogens is 2. The second-order valence-corrected chi connectivity index (χ2v) is 7.63. The summed E-state index contributed by atoms with van der Waals surface area (Å²) in [7, 11) is 0. The highest BCUT2D eigenvalue weighted by Crippen LogP contribution is 2.25. The quantitative estimate of drug-likeness (QED) is 0.335. The summed E-state index contributed by atoms with van der Waals surface area (Å²) < 4.78 is 11.1. The van der Waals surface area contributed by atoms with Crippen molar-refractivity contribution in [1.29, 1.82) is 0 Å². The Labute approximate surface area is 194 Å². The van der Waals surface area contributed by atoms with Crippen LogP contribution in [0.1, 0.15) is 43.9 Å². The maximum absolute atomic E-state index is 12.3. The summed E-state index contributed by atoms with van der Waals surface area (Å²) in [5.41, 5.74) is 15.1. The molecule has 7 nitrogen and oxygen atoms in total. The van der Waals surface area contributed by atoms with Crippen LogP contribution < -0.4 is 11.5 Å². The Morgan fingerprint density at radius 2 is 2.03 bits per heavy atom. The largest absolute Gasteiger partial charge is 0.473 e. The van der Waals surface area contributed by atoms with Gasteiger partial charge in [0.1, 0.15) is 0 Å². The summed E-state index contributed by atoms with van der Waals surface area (Å²) in [5, 5.41) is 0. The summed E-state index contributed by atoms with van der Waals surface area (Å²) in [6.07, 6.45) is 14.0. The number of nitrogens with zero attached hydrogens (tertiary/aromatic N) is 2. The van der Waals surface area contributed by atoms with Crippen molar-refractivity contribution in [1.82, 2.24) is 9.97 Å². The highest BCUT2D eigenvalue weighted by molar-refractivity contribution is 6.04. The number of carbonyl (C=O) groups is 1. The SMILES string of the molecule is CC(=C(C=C(CC=CC=COC1CCCCO1)c1ccnc(N)n1)C(N)=O)c1ccccc1. The van der Waals surface area contributed by atoms with Crippen molar-refractivity contribution in [2.45, 2.75) is 38.9 Å². The lowest BCUT2D eigenvalue weighted by Crippen LogP contribution is -2.19. The van der Waals surface area contributed by atoms with Crippen LogP contribution in [0.2, 0.25) is 0 Å². The number of amides is 1. The third-order valence-electron chi connectivity index (χ3n) is 5.23. The molecular weight excluding hydrogens is 416 g/mol. The van der Waals surface area contributed by atoms with E-state index in [9.17, 15) is 4.79 Å². The van der Waals surface area contributed by atoms with Crippen LogP contribution in [0.15, 0.2) is 78.7 Å². The minimum atomic E-state index is -0.513. The van der Waals surface area contributed by atoms with Gasteiger partial charge in [0.2, 0.25) is 11.9 Å². The van der Waals surface area contributed by atoms with E-state index in [0.717, 1.165) is 42.6 Å². The van der Waals surface area contributed by atoms with E-state index in [-0.39, 0.29) is 12.2 Å². The summed E-state index contributed by atoms with van der Waals surface area (Å²) in [4.78, 5) is 20.6. The highest BCUT2D eigenvalue weighted by atomic mass is 16.7. The van der Waals surface area contributed by atoms with E-state index < -0.39 is 5.91 Å². The Kier molecular flexibility index (Phi) is 8.97.